The summed E-state index contributed by atoms with van der Waals surface area (Å²) in [4.78, 5) is 5.50. The Morgan fingerprint density at radius 3 is 2.83 bits per heavy atom. The molecule has 3 N–H and O–H groups in total. The largest absolute Gasteiger partial charge is 0.386 e. The van der Waals surface area contributed by atoms with Gasteiger partial charge < -0.3 is 15.7 Å². The maximum Gasteiger partial charge on any atom is 0.191 e. The van der Waals surface area contributed by atoms with Gasteiger partial charge in [-0.25, -0.2) is 0 Å². The Kier molecular flexibility index (Phi) is 6.67. The van der Waals surface area contributed by atoms with Crippen LogP contribution in [0.3, 0.4) is 0 Å². The molecule has 1 aliphatic rings. The summed E-state index contributed by atoms with van der Waals surface area (Å²) in [7, 11) is 0. The molecule has 1 fully saturated rings. The molecule has 1 heterocycles. The number of rotatable bonds is 5. The summed E-state index contributed by atoms with van der Waals surface area (Å²) in [5.74, 6) is 1.52. The van der Waals surface area contributed by atoms with Crippen molar-refractivity contribution in [2.24, 2.45) is 10.9 Å². The van der Waals surface area contributed by atoms with Crippen LogP contribution in [0.4, 0.5) is 0 Å². The fraction of sp³-hybridized carbons (Fsp3) is 0.471. The predicted molar refractivity (Wildman–Crippen MR) is 109 cm³/mol. The summed E-state index contributed by atoms with van der Waals surface area (Å²) in [5.41, 5.74) is 0. The first-order valence-electron chi connectivity index (χ1n) is 7.88. The Labute approximate surface area is 158 Å². The van der Waals surface area contributed by atoms with E-state index in [-0.39, 0.29) is 24.0 Å². The second-order valence-corrected chi connectivity index (χ2v) is 7.00. The van der Waals surface area contributed by atoms with Crippen LogP contribution in [0.15, 0.2) is 35.3 Å². The molecule has 0 saturated heterocycles. The van der Waals surface area contributed by atoms with Gasteiger partial charge in [0.15, 0.2) is 5.96 Å². The topological polar surface area (TPSA) is 56.7 Å². The molecule has 6 heteroatoms. The fourth-order valence-corrected chi connectivity index (χ4v) is 3.49. The number of nitrogens with zero attached hydrogens (tertiary/aromatic N) is 1. The number of thiophene rings is 1. The third-order valence-electron chi connectivity index (χ3n) is 3.97. The van der Waals surface area contributed by atoms with Gasteiger partial charge in [-0.3, -0.25) is 4.99 Å². The number of aliphatic hydroxyl groups excluding tert-OH is 1. The van der Waals surface area contributed by atoms with E-state index >= 15 is 0 Å². The number of aliphatic hydroxyl groups is 1. The van der Waals surface area contributed by atoms with Gasteiger partial charge in [0.2, 0.25) is 0 Å². The number of guanidine groups is 1. The van der Waals surface area contributed by atoms with E-state index in [1.807, 2.05) is 12.1 Å². The van der Waals surface area contributed by atoms with Crippen LogP contribution in [0.2, 0.25) is 0 Å². The normalized spacial score (nSPS) is 21.6. The fourth-order valence-electron chi connectivity index (χ4n) is 2.45. The first kappa shape index (κ1) is 18.5. The molecule has 3 atom stereocenters. The molecule has 1 aromatic carbocycles. The number of hydrogen-bond acceptors (Lipinski definition) is 3. The van der Waals surface area contributed by atoms with Crippen molar-refractivity contribution in [2.45, 2.75) is 32.4 Å². The summed E-state index contributed by atoms with van der Waals surface area (Å²) >= 11 is 1.64. The summed E-state index contributed by atoms with van der Waals surface area (Å²) in [6.45, 7) is 5.48. The van der Waals surface area contributed by atoms with Crippen molar-refractivity contribution in [1.29, 1.82) is 0 Å². The minimum absolute atomic E-state index is 0. The zero-order chi connectivity index (χ0) is 15.5. The van der Waals surface area contributed by atoms with Crippen molar-refractivity contribution in [3.63, 3.8) is 0 Å². The van der Waals surface area contributed by atoms with Gasteiger partial charge in [0.25, 0.3) is 0 Å². The van der Waals surface area contributed by atoms with Crippen LogP contribution in [0, 0.1) is 5.92 Å². The summed E-state index contributed by atoms with van der Waals surface area (Å²) < 4.78 is 1.21. The van der Waals surface area contributed by atoms with E-state index in [4.69, 9.17) is 0 Å². The van der Waals surface area contributed by atoms with Crippen molar-refractivity contribution in [3.05, 3.63) is 35.2 Å². The highest BCUT2D eigenvalue weighted by Gasteiger charge is 2.33. The maximum atomic E-state index is 10.4. The lowest BCUT2D eigenvalue weighted by Crippen LogP contribution is -2.39. The van der Waals surface area contributed by atoms with Crippen LogP contribution in [-0.4, -0.2) is 30.2 Å². The molecule has 0 radical (unpaired) electrons. The number of halogens is 1. The van der Waals surface area contributed by atoms with E-state index in [1.165, 1.54) is 16.5 Å². The summed E-state index contributed by atoms with van der Waals surface area (Å²) in [5, 5.41) is 18.2. The van der Waals surface area contributed by atoms with Gasteiger partial charge in [-0.2, -0.15) is 0 Å². The molecule has 3 rings (SSSR count). The highest BCUT2D eigenvalue weighted by atomic mass is 127. The van der Waals surface area contributed by atoms with E-state index < -0.39 is 6.10 Å². The Morgan fingerprint density at radius 1 is 1.43 bits per heavy atom. The SMILES string of the molecule is CCNC(=NCC(O)c1cc2ccccc2s1)NC1CC1C.I. The molecular weight excluding hydrogens is 421 g/mol. The van der Waals surface area contributed by atoms with E-state index in [0.717, 1.165) is 23.3 Å². The highest BCUT2D eigenvalue weighted by Crippen LogP contribution is 2.30. The van der Waals surface area contributed by atoms with Crippen LogP contribution >= 0.6 is 35.3 Å². The average Bonchev–Trinajstić information content (AvgIpc) is 3.03. The standard InChI is InChI=1S/C17H23N3OS.HI/c1-3-18-17(20-13-8-11(13)2)19-10-14(21)16-9-12-6-4-5-7-15(12)22-16;/h4-7,9,11,13-14,21H,3,8,10H2,1-2H3,(H2,18,19,20);1H. The number of nitrogens with one attached hydrogen (secondary N) is 2. The van der Waals surface area contributed by atoms with Gasteiger partial charge in [-0.15, -0.1) is 35.3 Å². The monoisotopic (exact) mass is 445 g/mol. The number of aliphatic imine (C=N–C) groups is 1. The Balaban J connectivity index is 0.00000192. The van der Waals surface area contributed by atoms with E-state index in [0.29, 0.717) is 12.6 Å². The first-order valence-corrected chi connectivity index (χ1v) is 8.70. The molecule has 23 heavy (non-hydrogen) atoms. The molecule has 0 spiro atoms. The molecule has 0 aliphatic heterocycles. The number of fused-ring (bicyclic) bond motifs is 1. The Hall–Kier alpha value is -0.860. The van der Waals surface area contributed by atoms with Crippen molar-refractivity contribution < 1.29 is 5.11 Å². The molecule has 3 unspecified atom stereocenters. The Morgan fingerprint density at radius 2 is 2.17 bits per heavy atom. The quantitative estimate of drug-likeness (QED) is 0.375. The second-order valence-electron chi connectivity index (χ2n) is 5.89. The molecule has 126 valence electrons. The number of benzene rings is 1. The van der Waals surface area contributed by atoms with E-state index in [9.17, 15) is 5.11 Å². The minimum atomic E-state index is -0.551. The highest BCUT2D eigenvalue weighted by molar-refractivity contribution is 14.0. The molecule has 1 aliphatic carbocycles. The molecule has 1 aromatic heterocycles. The van der Waals surface area contributed by atoms with Crippen molar-refractivity contribution >= 4 is 51.4 Å². The lowest BCUT2D eigenvalue weighted by atomic mass is 10.2. The van der Waals surface area contributed by atoms with Gasteiger partial charge in [0.1, 0.15) is 6.10 Å². The molecule has 2 aromatic rings. The van der Waals surface area contributed by atoms with Gasteiger partial charge >= 0.3 is 0 Å². The molecule has 0 bridgehead atoms. The summed E-state index contributed by atoms with van der Waals surface area (Å²) in [6, 6.07) is 10.8. The maximum absolute atomic E-state index is 10.4. The smallest absolute Gasteiger partial charge is 0.191 e. The van der Waals surface area contributed by atoms with Gasteiger partial charge in [0, 0.05) is 22.2 Å². The predicted octanol–water partition coefficient (Wildman–Crippen LogP) is 3.52. The summed E-state index contributed by atoms with van der Waals surface area (Å²) in [6.07, 6.45) is 0.646. The van der Waals surface area contributed by atoms with Crippen LogP contribution in [-0.2, 0) is 0 Å². The lowest BCUT2D eigenvalue weighted by molar-refractivity contribution is 0.191. The van der Waals surface area contributed by atoms with Crippen molar-refractivity contribution in [3.8, 4) is 0 Å². The van der Waals surface area contributed by atoms with Crippen LogP contribution < -0.4 is 10.6 Å². The third kappa shape index (κ3) is 4.81. The molecule has 4 nitrogen and oxygen atoms in total. The molecule has 0 amide bonds. The van der Waals surface area contributed by atoms with Gasteiger partial charge in [-0.05, 0) is 36.8 Å². The average molecular weight is 445 g/mol. The van der Waals surface area contributed by atoms with Crippen molar-refractivity contribution in [1.82, 2.24) is 10.6 Å². The molecule has 1 saturated carbocycles. The third-order valence-corrected chi connectivity index (χ3v) is 5.19. The van der Waals surface area contributed by atoms with Crippen molar-refractivity contribution in [2.75, 3.05) is 13.1 Å². The zero-order valence-corrected chi connectivity index (χ0v) is 16.6. The minimum Gasteiger partial charge on any atom is -0.386 e. The van der Waals surface area contributed by atoms with Crippen LogP contribution in [0.1, 0.15) is 31.2 Å². The zero-order valence-electron chi connectivity index (χ0n) is 13.5. The number of hydrogen-bond donors (Lipinski definition) is 3. The molecular formula is C17H24IN3OS. The van der Waals surface area contributed by atoms with Gasteiger partial charge in [0.05, 0.1) is 6.54 Å². The van der Waals surface area contributed by atoms with Crippen LogP contribution in [0.25, 0.3) is 10.1 Å². The first-order chi connectivity index (χ1) is 10.7. The van der Waals surface area contributed by atoms with Crippen LogP contribution in [0.5, 0.6) is 0 Å². The van der Waals surface area contributed by atoms with E-state index in [1.54, 1.807) is 11.3 Å². The lowest BCUT2D eigenvalue weighted by Gasteiger charge is -2.12. The van der Waals surface area contributed by atoms with Gasteiger partial charge in [-0.1, -0.05) is 25.1 Å². The second kappa shape index (κ2) is 8.30. The Bertz CT molecular complexity index is 640. The van der Waals surface area contributed by atoms with E-state index in [2.05, 4.69) is 47.7 Å².